The van der Waals surface area contributed by atoms with E-state index in [0.717, 1.165) is 16.8 Å². The molecule has 0 spiro atoms. The molecule has 0 fully saturated rings. The molecule has 0 aliphatic heterocycles. The van der Waals surface area contributed by atoms with Crippen LogP contribution in [0.4, 0.5) is 0 Å². The first-order valence-corrected chi connectivity index (χ1v) is 6.94. The second kappa shape index (κ2) is 4.96. The number of aromatic nitrogens is 3. The quantitative estimate of drug-likeness (QED) is 0.806. The van der Waals surface area contributed by atoms with Gasteiger partial charge in [0.1, 0.15) is 5.15 Å². The minimum Gasteiger partial charge on any atom is -0.343 e. The summed E-state index contributed by atoms with van der Waals surface area (Å²) < 4.78 is 3.90. The third kappa shape index (κ3) is 2.01. The van der Waals surface area contributed by atoms with E-state index in [2.05, 4.69) is 34.1 Å². The van der Waals surface area contributed by atoms with Crippen LogP contribution < -0.4 is 5.73 Å². The van der Waals surface area contributed by atoms with Crippen molar-refractivity contribution in [3.05, 3.63) is 52.4 Å². The van der Waals surface area contributed by atoms with Gasteiger partial charge in [-0.05, 0) is 23.9 Å². The van der Waals surface area contributed by atoms with E-state index in [0.29, 0.717) is 18.2 Å². The van der Waals surface area contributed by atoms with E-state index in [4.69, 9.17) is 17.3 Å². The second-order valence-electron chi connectivity index (χ2n) is 4.98. The Kier molecular flexibility index (Phi) is 3.28. The second-order valence-corrected chi connectivity index (χ2v) is 5.34. The zero-order valence-corrected chi connectivity index (χ0v) is 12.4. The van der Waals surface area contributed by atoms with Gasteiger partial charge in [-0.25, -0.2) is 0 Å². The van der Waals surface area contributed by atoms with E-state index < -0.39 is 0 Å². The van der Waals surface area contributed by atoms with Crippen molar-refractivity contribution in [2.24, 2.45) is 12.8 Å². The zero-order valence-electron chi connectivity index (χ0n) is 11.6. The van der Waals surface area contributed by atoms with Crippen molar-refractivity contribution in [2.45, 2.75) is 20.0 Å². The minimum absolute atomic E-state index is 0.529. The van der Waals surface area contributed by atoms with Gasteiger partial charge in [-0.2, -0.15) is 5.10 Å². The van der Waals surface area contributed by atoms with Crippen LogP contribution in [0, 0.1) is 6.92 Å². The summed E-state index contributed by atoms with van der Waals surface area (Å²) in [4.78, 5) is 0. The molecule has 0 aliphatic rings. The van der Waals surface area contributed by atoms with Gasteiger partial charge in [-0.1, -0.05) is 29.8 Å². The molecule has 2 N–H and O–H groups in total. The van der Waals surface area contributed by atoms with E-state index in [1.807, 2.05) is 20.0 Å². The first-order chi connectivity index (χ1) is 9.61. The van der Waals surface area contributed by atoms with Crippen LogP contribution in [0.15, 0.2) is 30.5 Å². The highest BCUT2D eigenvalue weighted by Crippen LogP contribution is 2.25. The fraction of sp³-hybridized carbons (Fsp3) is 0.267. The fourth-order valence-corrected chi connectivity index (χ4v) is 2.90. The van der Waals surface area contributed by atoms with Crippen LogP contribution >= 0.6 is 11.6 Å². The lowest BCUT2D eigenvalue weighted by atomic mass is 10.1. The lowest BCUT2D eigenvalue weighted by molar-refractivity contribution is 0.757. The van der Waals surface area contributed by atoms with Gasteiger partial charge in [-0.15, -0.1) is 0 Å². The number of nitrogens with two attached hydrogens (primary N) is 1. The predicted molar refractivity (Wildman–Crippen MR) is 81.9 cm³/mol. The molecule has 3 aromatic rings. The molecule has 104 valence electrons. The van der Waals surface area contributed by atoms with E-state index in [1.165, 1.54) is 10.9 Å². The van der Waals surface area contributed by atoms with Gasteiger partial charge in [0.05, 0.1) is 17.8 Å². The molecule has 1 aromatic carbocycles. The van der Waals surface area contributed by atoms with Crippen molar-refractivity contribution in [1.29, 1.82) is 0 Å². The van der Waals surface area contributed by atoms with Crippen LogP contribution in [-0.4, -0.2) is 14.3 Å². The van der Waals surface area contributed by atoms with Crippen LogP contribution in [0.3, 0.4) is 0 Å². The Labute approximate surface area is 122 Å². The maximum atomic E-state index is 6.32. The monoisotopic (exact) mass is 288 g/mol. The van der Waals surface area contributed by atoms with E-state index in [1.54, 1.807) is 4.68 Å². The number of hydrogen-bond acceptors (Lipinski definition) is 2. The first kappa shape index (κ1) is 13.2. The Morgan fingerprint density at radius 1 is 1.30 bits per heavy atom. The molecular weight excluding hydrogens is 272 g/mol. The molecule has 4 nitrogen and oxygen atoms in total. The summed E-state index contributed by atoms with van der Waals surface area (Å²) in [5.74, 6) is 0. The van der Waals surface area contributed by atoms with Crippen LogP contribution in [0.25, 0.3) is 10.9 Å². The Morgan fingerprint density at radius 3 is 2.75 bits per heavy atom. The van der Waals surface area contributed by atoms with Crippen molar-refractivity contribution < 1.29 is 0 Å². The highest BCUT2D eigenvalue weighted by Gasteiger charge is 2.13. The van der Waals surface area contributed by atoms with Gasteiger partial charge in [-0.3, -0.25) is 4.68 Å². The molecule has 0 radical (unpaired) electrons. The molecule has 0 atom stereocenters. The van der Waals surface area contributed by atoms with Gasteiger partial charge >= 0.3 is 0 Å². The van der Waals surface area contributed by atoms with Crippen LogP contribution in [-0.2, 0) is 20.1 Å². The molecule has 0 saturated heterocycles. The number of halogens is 1. The molecule has 2 heterocycles. The van der Waals surface area contributed by atoms with Crippen molar-refractivity contribution >= 4 is 22.5 Å². The van der Waals surface area contributed by atoms with Crippen molar-refractivity contribution in [3.8, 4) is 0 Å². The molecule has 3 rings (SSSR count). The van der Waals surface area contributed by atoms with Gasteiger partial charge in [0.25, 0.3) is 0 Å². The largest absolute Gasteiger partial charge is 0.343 e. The average Bonchev–Trinajstić information content (AvgIpc) is 2.96. The minimum atomic E-state index is 0.529. The Morgan fingerprint density at radius 2 is 2.10 bits per heavy atom. The predicted octanol–water partition coefficient (Wildman–Crippen LogP) is 2.84. The number of aryl methyl sites for hydroxylation is 2. The third-order valence-corrected chi connectivity index (χ3v) is 4.16. The van der Waals surface area contributed by atoms with E-state index in [9.17, 15) is 0 Å². The van der Waals surface area contributed by atoms with Gasteiger partial charge < -0.3 is 10.3 Å². The molecule has 2 aromatic heterocycles. The molecule has 0 aliphatic carbocycles. The van der Waals surface area contributed by atoms with Gasteiger partial charge in [0.15, 0.2) is 0 Å². The maximum absolute atomic E-state index is 6.32. The van der Waals surface area contributed by atoms with Crippen LogP contribution in [0.2, 0.25) is 5.15 Å². The average molecular weight is 289 g/mol. The molecule has 20 heavy (non-hydrogen) atoms. The number of hydrogen-bond donors (Lipinski definition) is 1. The standard InChI is InChI=1S/C15H17ClN4/c1-10-13(15(16)19(2)18-10)9-20-7-6-11-4-3-5-12(8-17)14(11)20/h3-7H,8-9,17H2,1-2H3. The molecule has 0 bridgehead atoms. The van der Waals surface area contributed by atoms with Gasteiger partial charge in [0.2, 0.25) is 0 Å². The topological polar surface area (TPSA) is 48.8 Å². The SMILES string of the molecule is Cc1nn(C)c(Cl)c1Cn1ccc2cccc(CN)c21. The number of benzene rings is 1. The smallest absolute Gasteiger partial charge is 0.131 e. The Balaban J connectivity index is 2.11. The van der Waals surface area contributed by atoms with Crippen molar-refractivity contribution in [1.82, 2.24) is 14.3 Å². The maximum Gasteiger partial charge on any atom is 0.131 e. The summed E-state index contributed by atoms with van der Waals surface area (Å²) in [5.41, 5.74) is 10.2. The summed E-state index contributed by atoms with van der Waals surface area (Å²) in [6.45, 7) is 3.22. The highest BCUT2D eigenvalue weighted by atomic mass is 35.5. The molecule has 5 heteroatoms. The number of nitrogens with zero attached hydrogens (tertiary/aromatic N) is 3. The molecule has 0 saturated carbocycles. The number of para-hydroxylation sites is 1. The molecular formula is C15H17ClN4. The Hall–Kier alpha value is -1.78. The highest BCUT2D eigenvalue weighted by molar-refractivity contribution is 6.30. The lowest BCUT2D eigenvalue weighted by Crippen LogP contribution is -2.04. The van der Waals surface area contributed by atoms with Crippen LogP contribution in [0.1, 0.15) is 16.8 Å². The fourth-order valence-electron chi connectivity index (χ4n) is 2.66. The molecule has 0 amide bonds. The van der Waals surface area contributed by atoms with Gasteiger partial charge in [0, 0.05) is 25.4 Å². The third-order valence-electron chi connectivity index (χ3n) is 3.69. The van der Waals surface area contributed by atoms with E-state index in [-0.39, 0.29) is 0 Å². The summed E-state index contributed by atoms with van der Waals surface area (Å²) in [6, 6.07) is 8.31. The normalized spacial score (nSPS) is 11.4. The molecule has 0 unspecified atom stereocenters. The summed E-state index contributed by atoms with van der Waals surface area (Å²) in [7, 11) is 1.86. The summed E-state index contributed by atoms with van der Waals surface area (Å²) >= 11 is 6.32. The van der Waals surface area contributed by atoms with Crippen LogP contribution in [0.5, 0.6) is 0 Å². The van der Waals surface area contributed by atoms with E-state index >= 15 is 0 Å². The summed E-state index contributed by atoms with van der Waals surface area (Å²) in [6.07, 6.45) is 2.08. The van der Waals surface area contributed by atoms with Crippen molar-refractivity contribution in [3.63, 3.8) is 0 Å². The lowest BCUT2D eigenvalue weighted by Gasteiger charge is -2.09. The first-order valence-electron chi connectivity index (χ1n) is 6.56. The summed E-state index contributed by atoms with van der Waals surface area (Å²) in [5, 5.41) is 6.25. The Bertz CT molecular complexity index is 770. The number of fused-ring (bicyclic) bond motifs is 1. The number of rotatable bonds is 3. The van der Waals surface area contributed by atoms with Crippen molar-refractivity contribution in [2.75, 3.05) is 0 Å². The zero-order chi connectivity index (χ0) is 14.3.